The van der Waals surface area contributed by atoms with Crippen LogP contribution in [0, 0.1) is 5.41 Å². The zero-order valence-corrected chi connectivity index (χ0v) is 12.0. The average molecular weight is 298 g/mol. The second-order valence-corrected chi connectivity index (χ2v) is 4.99. The van der Waals surface area contributed by atoms with Crippen molar-refractivity contribution >= 4 is 17.3 Å². The third-order valence-electron chi connectivity index (χ3n) is 3.54. The monoisotopic (exact) mass is 298 g/mol. The topological polar surface area (TPSA) is 92.3 Å². The maximum Gasteiger partial charge on any atom is 0.272 e. The molecule has 0 atom stereocenters. The molecule has 1 amide bonds. The highest BCUT2D eigenvalue weighted by atomic mass is 16.5. The van der Waals surface area contributed by atoms with Crippen LogP contribution in [0.1, 0.15) is 12.7 Å². The van der Waals surface area contributed by atoms with Crippen molar-refractivity contribution in [2.75, 3.05) is 18.9 Å². The fraction of sp³-hybridized carbons (Fsp3) is 0.188. The quantitative estimate of drug-likeness (QED) is 0.652. The molecule has 1 aromatic carbocycles. The first-order chi connectivity index (χ1) is 10.7. The van der Waals surface area contributed by atoms with E-state index < -0.39 is 0 Å². The summed E-state index contributed by atoms with van der Waals surface area (Å²) in [6.07, 6.45) is 1.66. The molecular formula is C16H18N4O2. The van der Waals surface area contributed by atoms with Gasteiger partial charge in [0, 0.05) is 18.9 Å². The fourth-order valence-corrected chi connectivity index (χ4v) is 2.37. The Morgan fingerprint density at radius 2 is 2.14 bits per heavy atom. The Labute approximate surface area is 129 Å². The number of anilines is 1. The van der Waals surface area contributed by atoms with Crippen molar-refractivity contribution in [1.29, 1.82) is 5.41 Å². The van der Waals surface area contributed by atoms with Crippen LogP contribution in [0.15, 0.2) is 42.6 Å². The Morgan fingerprint density at radius 3 is 2.95 bits per heavy atom. The lowest BCUT2D eigenvalue weighted by Gasteiger charge is -2.20. The van der Waals surface area contributed by atoms with Crippen LogP contribution in [0.3, 0.4) is 0 Å². The third-order valence-corrected chi connectivity index (χ3v) is 3.54. The van der Waals surface area contributed by atoms with Crippen LogP contribution in [-0.4, -0.2) is 34.7 Å². The Kier molecular flexibility index (Phi) is 3.74. The molecule has 22 heavy (non-hydrogen) atoms. The van der Waals surface area contributed by atoms with Crippen molar-refractivity contribution < 1.29 is 11.0 Å². The minimum atomic E-state index is -0.375. The lowest BCUT2D eigenvalue weighted by molar-refractivity contribution is -0.124. The molecular weight excluding hydrogens is 280 g/mol. The van der Waals surface area contributed by atoms with Gasteiger partial charge in [0.15, 0.2) is 0 Å². The minimum absolute atomic E-state index is 0. The van der Waals surface area contributed by atoms with Crippen LogP contribution in [0.2, 0.25) is 0 Å². The predicted octanol–water partition coefficient (Wildman–Crippen LogP) is 1.70. The number of hydrogen-bond donors (Lipinski definition) is 2. The number of nitrogens with two attached hydrogens (primary N) is 1. The van der Waals surface area contributed by atoms with Gasteiger partial charge in [0.25, 0.3) is 5.91 Å². The van der Waals surface area contributed by atoms with Gasteiger partial charge in [-0.05, 0) is 18.2 Å². The van der Waals surface area contributed by atoms with Gasteiger partial charge in [0.05, 0.1) is 13.1 Å². The molecule has 0 spiro atoms. The van der Waals surface area contributed by atoms with Gasteiger partial charge in [0.1, 0.15) is 23.8 Å². The van der Waals surface area contributed by atoms with Gasteiger partial charge in [-0.25, -0.2) is 0 Å². The Balaban J connectivity index is 0.00000192. The fourth-order valence-electron chi connectivity index (χ4n) is 2.37. The molecule has 0 aliphatic carbocycles. The van der Waals surface area contributed by atoms with Crippen LogP contribution >= 0.6 is 0 Å². The minimum Gasteiger partial charge on any atom is -0.490 e. The molecule has 6 nitrogen and oxygen atoms in total. The lowest BCUT2D eigenvalue weighted by atomic mass is 10.1. The van der Waals surface area contributed by atoms with E-state index in [1.54, 1.807) is 41.4 Å². The highest BCUT2D eigenvalue weighted by molar-refractivity contribution is 6.45. The summed E-state index contributed by atoms with van der Waals surface area (Å²) in [6.45, 7) is 1.11. The Hall–Kier alpha value is -2.89. The first kappa shape index (κ1) is 14.1. The van der Waals surface area contributed by atoms with Crippen LogP contribution in [0.5, 0.6) is 5.75 Å². The number of nitrogens with one attached hydrogen (secondary N) is 1. The van der Waals surface area contributed by atoms with Gasteiger partial charge >= 0.3 is 0 Å². The molecule has 0 saturated carbocycles. The standard InChI is InChI=1S/C16H16N4O2.H2/c17-12-5-2-1-4-11(12)15(18)16(21)20-8-9-22-14-6-3-7-19-13(14)10-20;/h1-7,18H,8-10,17H2;1H. The SMILES string of the molecule is N=C(C(=O)N1CCOc2cccnc2C1)c1ccccc1N.[HH]. The largest absolute Gasteiger partial charge is 0.490 e. The summed E-state index contributed by atoms with van der Waals surface area (Å²) in [5, 5.41) is 8.14. The summed E-state index contributed by atoms with van der Waals surface area (Å²) < 4.78 is 5.59. The molecule has 2 heterocycles. The highest BCUT2D eigenvalue weighted by Crippen LogP contribution is 2.21. The summed E-state index contributed by atoms with van der Waals surface area (Å²) >= 11 is 0. The highest BCUT2D eigenvalue weighted by Gasteiger charge is 2.25. The number of nitrogens with zero attached hydrogens (tertiary/aromatic N) is 2. The van der Waals surface area contributed by atoms with Crippen LogP contribution in [0.25, 0.3) is 0 Å². The number of rotatable bonds is 2. The van der Waals surface area contributed by atoms with E-state index >= 15 is 0 Å². The number of amides is 1. The molecule has 2 aromatic rings. The van der Waals surface area contributed by atoms with Crippen molar-refractivity contribution in [3.05, 3.63) is 53.9 Å². The molecule has 3 rings (SSSR count). The maximum absolute atomic E-state index is 12.6. The van der Waals surface area contributed by atoms with E-state index in [1.165, 1.54) is 0 Å². The zero-order chi connectivity index (χ0) is 15.5. The smallest absolute Gasteiger partial charge is 0.272 e. The number of nitrogen functional groups attached to an aromatic ring is 1. The van der Waals surface area contributed by atoms with E-state index in [4.69, 9.17) is 15.9 Å². The molecule has 1 aromatic heterocycles. The molecule has 0 fully saturated rings. The molecule has 0 unspecified atom stereocenters. The van der Waals surface area contributed by atoms with Crippen LogP contribution in [-0.2, 0) is 11.3 Å². The second kappa shape index (κ2) is 5.85. The number of fused-ring (bicyclic) bond motifs is 1. The Morgan fingerprint density at radius 1 is 1.32 bits per heavy atom. The van der Waals surface area contributed by atoms with E-state index in [0.717, 1.165) is 0 Å². The van der Waals surface area contributed by atoms with Gasteiger partial charge in [-0.2, -0.15) is 0 Å². The summed E-state index contributed by atoms with van der Waals surface area (Å²) in [5.41, 5.74) is 7.30. The average Bonchev–Trinajstić information content (AvgIpc) is 2.76. The van der Waals surface area contributed by atoms with E-state index in [1.807, 2.05) is 6.07 Å². The molecule has 0 radical (unpaired) electrons. The molecule has 114 valence electrons. The number of pyridine rings is 1. The normalized spacial score (nSPS) is 13.7. The molecule has 1 aliphatic heterocycles. The van der Waals surface area contributed by atoms with Gasteiger partial charge in [0.2, 0.25) is 0 Å². The Bertz CT molecular complexity index is 736. The van der Waals surface area contributed by atoms with E-state index in [-0.39, 0.29) is 13.0 Å². The number of benzene rings is 1. The van der Waals surface area contributed by atoms with Crippen molar-refractivity contribution in [3.8, 4) is 5.75 Å². The van der Waals surface area contributed by atoms with Gasteiger partial charge in [-0.15, -0.1) is 0 Å². The van der Waals surface area contributed by atoms with Gasteiger partial charge < -0.3 is 15.4 Å². The molecule has 1 aliphatic rings. The number of carbonyl (C=O) groups is 1. The number of ether oxygens (including phenoxy) is 1. The molecule has 0 bridgehead atoms. The number of hydrogen-bond acceptors (Lipinski definition) is 5. The summed E-state index contributed by atoms with van der Waals surface area (Å²) in [6, 6.07) is 10.5. The molecule has 6 heteroatoms. The molecule has 0 saturated heterocycles. The van der Waals surface area contributed by atoms with E-state index in [9.17, 15) is 4.79 Å². The number of aromatic nitrogens is 1. The third kappa shape index (κ3) is 2.63. The first-order valence-corrected chi connectivity index (χ1v) is 6.96. The second-order valence-electron chi connectivity index (χ2n) is 4.99. The van der Waals surface area contributed by atoms with E-state index in [0.29, 0.717) is 42.4 Å². The zero-order valence-electron chi connectivity index (χ0n) is 12.0. The summed E-state index contributed by atoms with van der Waals surface area (Å²) in [7, 11) is 0. The predicted molar refractivity (Wildman–Crippen MR) is 84.9 cm³/mol. The number of carbonyl (C=O) groups excluding carboxylic acids is 1. The van der Waals surface area contributed by atoms with Crippen LogP contribution < -0.4 is 10.5 Å². The van der Waals surface area contributed by atoms with Gasteiger partial charge in [-0.3, -0.25) is 15.2 Å². The van der Waals surface area contributed by atoms with Crippen LogP contribution in [0.4, 0.5) is 5.69 Å². The van der Waals surface area contributed by atoms with Crippen molar-refractivity contribution in [1.82, 2.24) is 9.88 Å². The summed E-state index contributed by atoms with van der Waals surface area (Å²) in [4.78, 5) is 18.4. The van der Waals surface area contributed by atoms with Crippen molar-refractivity contribution in [3.63, 3.8) is 0 Å². The first-order valence-electron chi connectivity index (χ1n) is 6.96. The molecule has 3 N–H and O–H groups in total. The number of para-hydroxylation sites is 1. The maximum atomic E-state index is 12.6. The lowest BCUT2D eigenvalue weighted by Crippen LogP contribution is -2.38. The van der Waals surface area contributed by atoms with Gasteiger partial charge in [-0.1, -0.05) is 18.2 Å². The summed E-state index contributed by atoms with van der Waals surface area (Å²) in [5.74, 6) is 0.309. The van der Waals surface area contributed by atoms with Crippen molar-refractivity contribution in [2.45, 2.75) is 6.54 Å². The van der Waals surface area contributed by atoms with E-state index in [2.05, 4.69) is 4.98 Å². The van der Waals surface area contributed by atoms with Crippen molar-refractivity contribution in [2.24, 2.45) is 0 Å².